The van der Waals surface area contributed by atoms with Crippen molar-refractivity contribution in [3.05, 3.63) is 107 Å². The molecular weight excluding hydrogens is 548 g/mol. The van der Waals surface area contributed by atoms with Crippen LogP contribution in [0.4, 0.5) is 5.69 Å². The first kappa shape index (κ1) is 30.4. The van der Waals surface area contributed by atoms with E-state index >= 15 is 0 Å². The number of hydrogen-bond acceptors (Lipinski definition) is 6. The fraction of sp³-hybridized carbons (Fsp3) is 0.242. The van der Waals surface area contributed by atoms with Crippen LogP contribution in [0.25, 0.3) is 0 Å². The van der Waals surface area contributed by atoms with Crippen LogP contribution in [0.5, 0.6) is 5.75 Å². The van der Waals surface area contributed by atoms with Gasteiger partial charge in [-0.25, -0.2) is 0 Å². The number of nitrogens with one attached hydrogen (secondary N) is 1. The molecule has 9 heteroatoms. The van der Waals surface area contributed by atoms with E-state index in [0.29, 0.717) is 33.0 Å². The number of aryl methyl sites for hydroxylation is 1. The molecule has 216 valence electrons. The van der Waals surface area contributed by atoms with Crippen molar-refractivity contribution in [3.63, 3.8) is 0 Å². The molecule has 1 unspecified atom stereocenters. The van der Waals surface area contributed by atoms with Gasteiger partial charge in [0.15, 0.2) is 5.76 Å². The fourth-order valence-electron chi connectivity index (χ4n) is 4.22. The summed E-state index contributed by atoms with van der Waals surface area (Å²) in [5.41, 5.74) is 2.90. The largest absolute Gasteiger partial charge is 0.507 e. The zero-order valence-corrected chi connectivity index (χ0v) is 24.8. The number of amides is 2. The van der Waals surface area contributed by atoms with Crippen molar-refractivity contribution in [2.24, 2.45) is 4.36 Å². The smallest absolute Gasteiger partial charge is 0.291 e. The number of hydrogen-bond donors (Lipinski definition) is 2. The van der Waals surface area contributed by atoms with Gasteiger partial charge in [-0.1, -0.05) is 54.6 Å². The van der Waals surface area contributed by atoms with Gasteiger partial charge in [0, 0.05) is 40.5 Å². The summed E-state index contributed by atoms with van der Waals surface area (Å²) in [6.07, 6.45) is 5.39. The maximum absolute atomic E-state index is 13.3. The van der Waals surface area contributed by atoms with Crippen LogP contribution in [0, 0.1) is 18.8 Å². The minimum absolute atomic E-state index is 0.135. The van der Waals surface area contributed by atoms with E-state index in [2.05, 4.69) is 45.3 Å². The lowest BCUT2D eigenvalue weighted by atomic mass is 10.1. The Labute approximate surface area is 248 Å². The van der Waals surface area contributed by atoms with Gasteiger partial charge in [0.1, 0.15) is 5.75 Å². The number of benzene rings is 2. The lowest BCUT2D eigenvalue weighted by molar-refractivity contribution is 0.0991. The van der Waals surface area contributed by atoms with Gasteiger partial charge < -0.3 is 19.7 Å². The van der Waals surface area contributed by atoms with Gasteiger partial charge in [0.2, 0.25) is 0 Å². The van der Waals surface area contributed by atoms with Gasteiger partial charge in [-0.15, -0.1) is 0 Å². The second-order valence-corrected chi connectivity index (χ2v) is 11.3. The molecular formula is C33H34N4O4S. The molecule has 2 amide bonds. The molecule has 0 aliphatic carbocycles. The highest BCUT2D eigenvalue weighted by molar-refractivity contribution is 7.87. The standard InChI is InChI=1S/C33H34N4O4S/c1-4-37(5-2)17-9-19-42(30-13-7-6-12-29(30)38)36-32(39)27-20-26(22-34-23-27)15-14-25-10-8-11-28(21-25)35-33(40)31-24(3)16-18-41-31/h6-8,10-13,16,18,20-23,38H,4-5,9,17,19H2,1-3H3,(H,35,40). The van der Waals surface area contributed by atoms with E-state index in [0.717, 1.165) is 31.6 Å². The number of carbonyl (C=O) groups excluding carboxylic acids is 2. The van der Waals surface area contributed by atoms with E-state index in [1.807, 2.05) is 18.2 Å². The molecule has 2 heterocycles. The summed E-state index contributed by atoms with van der Waals surface area (Å²) in [6, 6.07) is 17.6. The van der Waals surface area contributed by atoms with Crippen LogP contribution in [0.2, 0.25) is 0 Å². The van der Waals surface area contributed by atoms with Crippen LogP contribution in [0.1, 0.15) is 57.9 Å². The van der Waals surface area contributed by atoms with Crippen molar-refractivity contribution in [2.75, 3.05) is 30.7 Å². The Kier molecular flexibility index (Phi) is 10.8. The number of aromatic hydroxyl groups is 1. The van der Waals surface area contributed by atoms with Gasteiger partial charge in [-0.2, -0.15) is 4.36 Å². The lowest BCUT2D eigenvalue weighted by Gasteiger charge is -2.18. The molecule has 8 nitrogen and oxygen atoms in total. The molecule has 2 N–H and O–H groups in total. The molecule has 0 aliphatic heterocycles. The molecule has 0 bridgehead atoms. The molecule has 0 spiro atoms. The Morgan fingerprint density at radius 3 is 2.55 bits per heavy atom. The monoisotopic (exact) mass is 582 g/mol. The molecule has 0 fully saturated rings. The number of aromatic nitrogens is 1. The van der Waals surface area contributed by atoms with E-state index in [1.165, 1.54) is 12.5 Å². The van der Waals surface area contributed by atoms with Gasteiger partial charge in [0.05, 0.1) is 16.7 Å². The number of phenolic OH excluding ortho intramolecular Hbond substituents is 1. The molecule has 0 saturated carbocycles. The lowest BCUT2D eigenvalue weighted by Crippen LogP contribution is -2.25. The maximum atomic E-state index is 13.3. The first-order valence-corrected chi connectivity index (χ1v) is 15.1. The minimum Gasteiger partial charge on any atom is -0.507 e. The van der Waals surface area contributed by atoms with Crippen LogP contribution in [-0.4, -0.2) is 52.2 Å². The van der Waals surface area contributed by atoms with Crippen molar-refractivity contribution in [1.29, 1.82) is 0 Å². The average molecular weight is 583 g/mol. The van der Waals surface area contributed by atoms with Crippen LogP contribution in [0.15, 0.2) is 93.0 Å². The molecule has 0 aliphatic rings. The van der Waals surface area contributed by atoms with Crippen LogP contribution >= 0.6 is 0 Å². The predicted octanol–water partition coefficient (Wildman–Crippen LogP) is 6.07. The zero-order chi connectivity index (χ0) is 29.9. The number of para-hydroxylation sites is 1. The second kappa shape index (κ2) is 14.9. The van der Waals surface area contributed by atoms with Crippen LogP contribution in [0.3, 0.4) is 0 Å². The average Bonchev–Trinajstić information content (AvgIpc) is 3.44. The first-order chi connectivity index (χ1) is 20.4. The van der Waals surface area contributed by atoms with Crippen molar-refractivity contribution >= 4 is 28.2 Å². The molecule has 0 saturated heterocycles. The third kappa shape index (κ3) is 8.26. The van der Waals surface area contributed by atoms with Gasteiger partial charge in [0.25, 0.3) is 11.8 Å². The fourth-order valence-corrected chi connectivity index (χ4v) is 5.88. The number of carbonyl (C=O) groups is 2. The molecule has 4 aromatic rings. The number of anilines is 1. The summed E-state index contributed by atoms with van der Waals surface area (Å²) in [6.45, 7) is 8.87. The summed E-state index contributed by atoms with van der Waals surface area (Å²) >= 11 is 0. The van der Waals surface area contributed by atoms with E-state index in [4.69, 9.17) is 4.42 Å². The minimum atomic E-state index is -0.817. The highest BCUT2D eigenvalue weighted by Crippen LogP contribution is 2.23. The molecule has 42 heavy (non-hydrogen) atoms. The van der Waals surface area contributed by atoms with Crippen molar-refractivity contribution in [3.8, 4) is 17.6 Å². The quantitative estimate of drug-likeness (QED) is 0.220. The van der Waals surface area contributed by atoms with Crippen LogP contribution in [-0.2, 0) is 10.7 Å². The Balaban J connectivity index is 1.51. The Hall–Kier alpha value is -4.52. The maximum Gasteiger partial charge on any atom is 0.291 e. The van der Waals surface area contributed by atoms with Gasteiger partial charge in [-0.05, 0) is 75.4 Å². The zero-order valence-electron chi connectivity index (χ0n) is 24.0. The third-order valence-corrected chi connectivity index (χ3v) is 8.46. The molecule has 4 rings (SSSR count). The molecule has 2 aromatic heterocycles. The summed E-state index contributed by atoms with van der Waals surface area (Å²) in [7, 11) is -0.817. The summed E-state index contributed by atoms with van der Waals surface area (Å²) in [4.78, 5) is 32.9. The SMILES string of the molecule is CCN(CC)CCCS(=NC(=O)c1cncc(C#Cc2cccc(NC(=O)c3occc3C)c2)c1)c1ccccc1O. The number of pyridine rings is 1. The Bertz CT molecular complexity index is 1650. The van der Waals surface area contributed by atoms with Gasteiger partial charge in [-0.3, -0.25) is 14.6 Å². The normalized spacial score (nSPS) is 11.6. The van der Waals surface area contributed by atoms with E-state index in [1.54, 1.807) is 55.6 Å². The molecule has 0 radical (unpaired) electrons. The second-order valence-electron chi connectivity index (χ2n) is 9.49. The van der Waals surface area contributed by atoms with E-state index in [-0.39, 0.29) is 17.4 Å². The number of furan rings is 1. The highest BCUT2D eigenvalue weighted by atomic mass is 32.2. The van der Waals surface area contributed by atoms with Crippen molar-refractivity contribution < 1.29 is 19.1 Å². The van der Waals surface area contributed by atoms with Crippen LogP contribution < -0.4 is 5.32 Å². The predicted molar refractivity (Wildman–Crippen MR) is 166 cm³/mol. The third-order valence-electron chi connectivity index (χ3n) is 6.54. The number of rotatable bonds is 10. The van der Waals surface area contributed by atoms with Crippen molar-refractivity contribution in [2.45, 2.75) is 32.1 Å². The number of nitrogens with zero attached hydrogens (tertiary/aromatic N) is 3. The highest BCUT2D eigenvalue weighted by Gasteiger charge is 2.14. The molecule has 2 aromatic carbocycles. The summed E-state index contributed by atoms with van der Waals surface area (Å²) in [5.74, 6) is 6.42. The topological polar surface area (TPSA) is 108 Å². The summed E-state index contributed by atoms with van der Waals surface area (Å²) < 4.78 is 9.79. The Morgan fingerprint density at radius 1 is 1.02 bits per heavy atom. The first-order valence-electron chi connectivity index (χ1n) is 13.8. The van der Waals surface area contributed by atoms with Crippen molar-refractivity contribution in [1.82, 2.24) is 9.88 Å². The van der Waals surface area contributed by atoms with Gasteiger partial charge >= 0.3 is 0 Å². The van der Waals surface area contributed by atoms with E-state index < -0.39 is 16.6 Å². The Morgan fingerprint density at radius 2 is 1.81 bits per heavy atom. The molecule has 1 atom stereocenters. The summed E-state index contributed by atoms with van der Waals surface area (Å²) in [5, 5.41) is 13.3. The number of phenols is 1. The van der Waals surface area contributed by atoms with E-state index in [9.17, 15) is 14.7 Å².